The van der Waals surface area contributed by atoms with Gasteiger partial charge in [-0.25, -0.2) is 0 Å². The topological polar surface area (TPSA) is 60.8 Å². The van der Waals surface area contributed by atoms with Crippen LogP contribution in [0.25, 0.3) is 0 Å². The summed E-state index contributed by atoms with van der Waals surface area (Å²) >= 11 is 0. The molecular weight excluding hydrogens is 134 g/mol. The van der Waals surface area contributed by atoms with E-state index >= 15 is 0 Å². The highest BCUT2D eigenvalue weighted by Crippen LogP contribution is 1.91. The molecule has 0 spiro atoms. The van der Waals surface area contributed by atoms with Crippen molar-refractivity contribution < 1.29 is 15.0 Å². The zero-order valence-corrected chi connectivity index (χ0v) is 5.66. The summed E-state index contributed by atoms with van der Waals surface area (Å²) in [6.07, 6.45) is 1.24. The second-order valence-electron chi connectivity index (χ2n) is 1.66. The van der Waals surface area contributed by atoms with Gasteiger partial charge in [0.05, 0.1) is 13.0 Å². The van der Waals surface area contributed by atoms with Crippen LogP contribution in [-0.2, 0) is 4.79 Å². The lowest BCUT2D eigenvalue weighted by Crippen LogP contribution is -2.26. The number of nitrogens with zero attached hydrogens (tertiary/aromatic N) is 1. The van der Waals surface area contributed by atoms with Crippen LogP contribution in [0.1, 0.15) is 6.42 Å². The van der Waals surface area contributed by atoms with Crippen LogP contribution in [0, 0.1) is 0 Å². The van der Waals surface area contributed by atoms with Crippen molar-refractivity contribution in [3.05, 3.63) is 12.8 Å². The molecule has 0 aliphatic carbocycles. The van der Waals surface area contributed by atoms with E-state index in [-0.39, 0.29) is 25.7 Å². The van der Waals surface area contributed by atoms with E-state index in [1.54, 1.807) is 0 Å². The molecular formula is C6H11NO3. The van der Waals surface area contributed by atoms with Crippen LogP contribution in [0.3, 0.4) is 0 Å². The zero-order chi connectivity index (χ0) is 7.98. The van der Waals surface area contributed by atoms with Crippen molar-refractivity contribution in [3.8, 4) is 0 Å². The summed E-state index contributed by atoms with van der Waals surface area (Å²) in [5.41, 5.74) is 0. The minimum atomic E-state index is -0.387. The maximum Gasteiger partial charge on any atom is 0.230 e. The third-order valence-electron chi connectivity index (χ3n) is 1.02. The molecule has 2 N–H and O–H groups in total. The number of carbonyl (C=O) groups excluding carboxylic acids is 1. The highest BCUT2D eigenvalue weighted by molar-refractivity contribution is 5.76. The monoisotopic (exact) mass is 145 g/mol. The molecule has 0 radical (unpaired) electrons. The van der Waals surface area contributed by atoms with Crippen molar-refractivity contribution in [2.75, 3.05) is 13.3 Å². The fourth-order valence-electron chi connectivity index (χ4n) is 0.478. The largest absolute Gasteiger partial charge is 0.396 e. The Labute approximate surface area is 59.4 Å². The van der Waals surface area contributed by atoms with E-state index in [4.69, 9.17) is 10.2 Å². The smallest absolute Gasteiger partial charge is 0.230 e. The Kier molecular flexibility index (Phi) is 4.53. The average molecular weight is 145 g/mol. The second-order valence-corrected chi connectivity index (χ2v) is 1.66. The maximum absolute atomic E-state index is 10.7. The molecule has 4 nitrogen and oxygen atoms in total. The standard InChI is InChI=1S/C6H11NO3/c1-2-7(5-9)6(10)3-4-8/h2,8-9H,1,3-5H2. The minimum Gasteiger partial charge on any atom is -0.396 e. The predicted molar refractivity (Wildman–Crippen MR) is 35.8 cm³/mol. The first kappa shape index (κ1) is 9.13. The van der Waals surface area contributed by atoms with E-state index in [2.05, 4.69) is 6.58 Å². The first-order valence-electron chi connectivity index (χ1n) is 2.90. The molecule has 0 saturated heterocycles. The van der Waals surface area contributed by atoms with Gasteiger partial charge in [-0.2, -0.15) is 0 Å². The number of aliphatic hydroxyl groups excluding tert-OH is 2. The number of rotatable bonds is 4. The molecule has 0 atom stereocenters. The number of hydrogen-bond acceptors (Lipinski definition) is 3. The van der Waals surface area contributed by atoms with Gasteiger partial charge in [0.25, 0.3) is 0 Å². The quantitative estimate of drug-likeness (QED) is 0.514. The Hall–Kier alpha value is -0.870. The molecule has 58 valence electrons. The summed E-state index contributed by atoms with van der Waals surface area (Å²) in [5.74, 6) is -0.333. The Morgan fingerprint density at radius 3 is 2.50 bits per heavy atom. The summed E-state index contributed by atoms with van der Waals surface area (Å²) in [6.45, 7) is 2.71. The SMILES string of the molecule is C=CN(CO)C(=O)CCO. The normalized spacial score (nSPS) is 9.00. The molecule has 1 amide bonds. The van der Waals surface area contributed by atoms with Crippen molar-refractivity contribution >= 4 is 5.91 Å². The van der Waals surface area contributed by atoms with E-state index in [1.807, 2.05) is 0 Å². The third-order valence-corrected chi connectivity index (χ3v) is 1.02. The van der Waals surface area contributed by atoms with Gasteiger partial charge < -0.3 is 10.2 Å². The summed E-state index contributed by atoms with van der Waals surface area (Å²) in [4.78, 5) is 11.8. The number of aliphatic hydroxyl groups is 2. The average Bonchev–Trinajstić information content (AvgIpc) is 1.91. The van der Waals surface area contributed by atoms with Crippen molar-refractivity contribution in [3.63, 3.8) is 0 Å². The van der Waals surface area contributed by atoms with E-state index < -0.39 is 0 Å². The van der Waals surface area contributed by atoms with Gasteiger partial charge in [0.2, 0.25) is 5.91 Å². The molecule has 0 aliphatic heterocycles. The second kappa shape index (κ2) is 4.96. The third kappa shape index (κ3) is 2.61. The minimum absolute atomic E-state index is 0.0204. The van der Waals surface area contributed by atoms with E-state index in [0.29, 0.717) is 0 Å². The van der Waals surface area contributed by atoms with Gasteiger partial charge in [-0.05, 0) is 0 Å². The van der Waals surface area contributed by atoms with E-state index in [1.165, 1.54) is 6.20 Å². The van der Waals surface area contributed by atoms with Gasteiger partial charge in [-0.3, -0.25) is 9.69 Å². The van der Waals surface area contributed by atoms with Gasteiger partial charge in [-0.1, -0.05) is 6.58 Å². The molecule has 0 unspecified atom stereocenters. The first-order valence-corrected chi connectivity index (χ1v) is 2.90. The van der Waals surface area contributed by atoms with Crippen LogP contribution < -0.4 is 0 Å². The Balaban J connectivity index is 3.76. The Bertz CT molecular complexity index is 124. The zero-order valence-electron chi connectivity index (χ0n) is 5.66. The molecule has 0 aromatic heterocycles. The summed E-state index contributed by atoms with van der Waals surface area (Å²) in [5, 5.41) is 16.8. The fraction of sp³-hybridized carbons (Fsp3) is 0.500. The summed E-state index contributed by atoms with van der Waals surface area (Å²) in [6, 6.07) is 0. The van der Waals surface area contributed by atoms with Crippen molar-refractivity contribution in [2.24, 2.45) is 0 Å². The molecule has 0 rings (SSSR count). The molecule has 4 heteroatoms. The number of carbonyl (C=O) groups is 1. The van der Waals surface area contributed by atoms with Gasteiger partial charge in [0.1, 0.15) is 6.73 Å². The molecule has 0 aromatic rings. The summed E-state index contributed by atoms with van der Waals surface area (Å²) < 4.78 is 0. The van der Waals surface area contributed by atoms with E-state index in [9.17, 15) is 4.79 Å². The van der Waals surface area contributed by atoms with Crippen LogP contribution >= 0.6 is 0 Å². The molecule has 0 saturated carbocycles. The number of hydrogen-bond donors (Lipinski definition) is 2. The molecule has 0 aliphatic rings. The van der Waals surface area contributed by atoms with E-state index in [0.717, 1.165) is 4.90 Å². The lowest BCUT2D eigenvalue weighted by atomic mass is 10.4. The van der Waals surface area contributed by atoms with Crippen LogP contribution in [0.15, 0.2) is 12.8 Å². The lowest BCUT2D eigenvalue weighted by Gasteiger charge is -2.12. The maximum atomic E-state index is 10.7. The van der Waals surface area contributed by atoms with Crippen LogP contribution in [-0.4, -0.2) is 34.4 Å². The molecule has 10 heavy (non-hydrogen) atoms. The Morgan fingerprint density at radius 2 is 2.20 bits per heavy atom. The first-order chi connectivity index (χ1) is 4.76. The summed E-state index contributed by atoms with van der Waals surface area (Å²) in [7, 11) is 0. The lowest BCUT2D eigenvalue weighted by molar-refractivity contribution is -0.132. The van der Waals surface area contributed by atoms with Crippen molar-refractivity contribution in [1.29, 1.82) is 0 Å². The Morgan fingerprint density at radius 1 is 1.60 bits per heavy atom. The number of amides is 1. The predicted octanol–water partition coefficient (Wildman–Crippen LogP) is -0.709. The van der Waals surface area contributed by atoms with Crippen molar-refractivity contribution in [2.45, 2.75) is 6.42 Å². The highest BCUT2D eigenvalue weighted by atomic mass is 16.3. The van der Waals surface area contributed by atoms with Gasteiger partial charge >= 0.3 is 0 Å². The van der Waals surface area contributed by atoms with Gasteiger partial charge in [0.15, 0.2) is 0 Å². The molecule has 0 heterocycles. The molecule has 0 aromatic carbocycles. The fourth-order valence-corrected chi connectivity index (χ4v) is 0.478. The van der Waals surface area contributed by atoms with Crippen LogP contribution in [0.4, 0.5) is 0 Å². The molecule has 0 bridgehead atoms. The van der Waals surface area contributed by atoms with Gasteiger partial charge in [0, 0.05) is 6.20 Å². The van der Waals surface area contributed by atoms with Crippen molar-refractivity contribution in [1.82, 2.24) is 4.90 Å². The molecule has 0 fully saturated rings. The highest BCUT2D eigenvalue weighted by Gasteiger charge is 2.06. The van der Waals surface area contributed by atoms with Crippen LogP contribution in [0.5, 0.6) is 0 Å². The van der Waals surface area contributed by atoms with Gasteiger partial charge in [-0.15, -0.1) is 0 Å². The van der Waals surface area contributed by atoms with Crippen LogP contribution in [0.2, 0.25) is 0 Å².